The Kier molecular flexibility index (Phi) is 4.33. The number of aliphatic hydroxyl groups excluding tert-OH is 1. The second-order valence-electron chi connectivity index (χ2n) is 3.79. The van der Waals surface area contributed by atoms with Crippen molar-refractivity contribution in [2.75, 3.05) is 0 Å². The van der Waals surface area contributed by atoms with Crippen LogP contribution in [0.15, 0.2) is 46.9 Å². The van der Waals surface area contributed by atoms with Gasteiger partial charge in [0.25, 0.3) is 0 Å². The summed E-state index contributed by atoms with van der Waals surface area (Å²) in [7, 11) is 0. The minimum atomic E-state index is -0.281. The molecule has 0 unspecified atom stereocenters. The summed E-state index contributed by atoms with van der Waals surface area (Å²) in [6, 6.07) is 11.8. The van der Waals surface area contributed by atoms with Crippen molar-refractivity contribution in [2.45, 2.75) is 13.2 Å². The minimum Gasteiger partial charge on any atom is -0.489 e. The van der Waals surface area contributed by atoms with Crippen LogP contribution in [-0.4, -0.2) is 5.11 Å². The Labute approximate surface area is 113 Å². The number of halogens is 2. The molecule has 2 aromatic carbocycles. The van der Waals surface area contributed by atoms with Gasteiger partial charge < -0.3 is 9.84 Å². The fourth-order valence-corrected chi connectivity index (χ4v) is 1.91. The van der Waals surface area contributed by atoms with Gasteiger partial charge in [-0.15, -0.1) is 0 Å². The van der Waals surface area contributed by atoms with Gasteiger partial charge in [-0.2, -0.15) is 0 Å². The summed E-state index contributed by atoms with van der Waals surface area (Å²) in [5.74, 6) is 0.322. The molecule has 1 N–H and O–H groups in total. The Bertz CT molecular complexity index is 543. The van der Waals surface area contributed by atoms with Gasteiger partial charge in [-0.3, -0.25) is 0 Å². The third-order valence-corrected chi connectivity index (χ3v) is 3.31. The molecule has 0 bridgehead atoms. The number of rotatable bonds is 4. The van der Waals surface area contributed by atoms with Crippen molar-refractivity contribution in [3.63, 3.8) is 0 Å². The average Bonchev–Trinajstić information content (AvgIpc) is 2.39. The second-order valence-corrected chi connectivity index (χ2v) is 4.65. The first-order chi connectivity index (χ1) is 8.70. The van der Waals surface area contributed by atoms with Gasteiger partial charge in [0.05, 0.1) is 6.61 Å². The topological polar surface area (TPSA) is 29.5 Å². The first-order valence-corrected chi connectivity index (χ1v) is 6.25. The predicted octanol–water partition coefficient (Wildman–Crippen LogP) is 3.66. The van der Waals surface area contributed by atoms with E-state index in [1.165, 1.54) is 6.07 Å². The van der Waals surface area contributed by atoms with Crippen molar-refractivity contribution in [1.82, 2.24) is 0 Å². The molecule has 2 aromatic rings. The Morgan fingerprint density at radius 1 is 1.11 bits per heavy atom. The SMILES string of the molecule is OCc1cc(OCc2ccccc2F)ccc1Br. The third-order valence-electron chi connectivity index (χ3n) is 2.54. The van der Waals surface area contributed by atoms with Crippen molar-refractivity contribution < 1.29 is 14.2 Å². The van der Waals surface area contributed by atoms with Crippen molar-refractivity contribution in [3.8, 4) is 5.75 Å². The smallest absolute Gasteiger partial charge is 0.129 e. The monoisotopic (exact) mass is 310 g/mol. The van der Waals surface area contributed by atoms with Gasteiger partial charge in [-0.25, -0.2) is 4.39 Å². The molecule has 2 nitrogen and oxygen atoms in total. The van der Waals surface area contributed by atoms with E-state index in [1.807, 2.05) is 0 Å². The molecule has 0 spiro atoms. The van der Waals surface area contributed by atoms with E-state index in [2.05, 4.69) is 15.9 Å². The fraction of sp³-hybridized carbons (Fsp3) is 0.143. The molecule has 0 aliphatic rings. The lowest BCUT2D eigenvalue weighted by Crippen LogP contribution is -1.99. The molecule has 0 heterocycles. The fourth-order valence-electron chi connectivity index (χ4n) is 1.54. The van der Waals surface area contributed by atoms with Crippen LogP contribution >= 0.6 is 15.9 Å². The Balaban J connectivity index is 2.09. The Morgan fingerprint density at radius 2 is 1.89 bits per heavy atom. The molecule has 18 heavy (non-hydrogen) atoms. The lowest BCUT2D eigenvalue weighted by atomic mass is 10.2. The van der Waals surface area contributed by atoms with Crippen molar-refractivity contribution in [2.24, 2.45) is 0 Å². The van der Waals surface area contributed by atoms with E-state index >= 15 is 0 Å². The summed E-state index contributed by atoms with van der Waals surface area (Å²) in [4.78, 5) is 0. The molecular formula is C14H12BrFO2. The molecule has 0 amide bonds. The van der Waals surface area contributed by atoms with E-state index in [1.54, 1.807) is 36.4 Å². The van der Waals surface area contributed by atoms with Crippen molar-refractivity contribution in [3.05, 3.63) is 63.9 Å². The standard InChI is InChI=1S/C14H12BrFO2/c15-13-6-5-12(7-11(13)8-17)18-9-10-3-1-2-4-14(10)16/h1-7,17H,8-9H2. The predicted molar refractivity (Wildman–Crippen MR) is 70.8 cm³/mol. The maximum atomic E-state index is 13.4. The Morgan fingerprint density at radius 3 is 2.61 bits per heavy atom. The molecular weight excluding hydrogens is 299 g/mol. The molecule has 0 saturated carbocycles. The minimum absolute atomic E-state index is 0.0719. The van der Waals surface area contributed by atoms with Crippen LogP contribution in [0.3, 0.4) is 0 Å². The van der Waals surface area contributed by atoms with Crippen LogP contribution < -0.4 is 4.74 Å². The van der Waals surface area contributed by atoms with Crippen LogP contribution in [0.4, 0.5) is 4.39 Å². The van der Waals surface area contributed by atoms with Gasteiger partial charge in [0.2, 0.25) is 0 Å². The highest BCUT2D eigenvalue weighted by molar-refractivity contribution is 9.10. The summed E-state index contributed by atoms with van der Waals surface area (Å²) < 4.78 is 19.7. The number of hydrogen-bond acceptors (Lipinski definition) is 2. The van der Waals surface area contributed by atoms with Gasteiger partial charge in [0, 0.05) is 10.0 Å². The van der Waals surface area contributed by atoms with Crippen LogP contribution in [0.25, 0.3) is 0 Å². The molecule has 0 atom stereocenters. The average molecular weight is 311 g/mol. The van der Waals surface area contributed by atoms with Crippen molar-refractivity contribution in [1.29, 1.82) is 0 Å². The number of hydrogen-bond donors (Lipinski definition) is 1. The van der Waals surface area contributed by atoms with Gasteiger partial charge >= 0.3 is 0 Å². The molecule has 2 rings (SSSR count). The second kappa shape index (κ2) is 5.98. The van der Waals surface area contributed by atoms with Crippen LogP contribution in [0, 0.1) is 5.82 Å². The van der Waals surface area contributed by atoms with E-state index in [0.717, 1.165) is 10.0 Å². The van der Waals surface area contributed by atoms with E-state index < -0.39 is 0 Å². The summed E-state index contributed by atoms with van der Waals surface area (Å²) in [6.07, 6.45) is 0. The van der Waals surface area contributed by atoms with E-state index in [4.69, 9.17) is 9.84 Å². The quantitative estimate of drug-likeness (QED) is 0.934. The lowest BCUT2D eigenvalue weighted by molar-refractivity contribution is 0.276. The highest BCUT2D eigenvalue weighted by Crippen LogP contribution is 2.23. The summed E-state index contributed by atoms with van der Waals surface area (Å²) >= 11 is 3.32. The number of aliphatic hydroxyl groups is 1. The van der Waals surface area contributed by atoms with Crippen LogP contribution in [0.1, 0.15) is 11.1 Å². The van der Waals surface area contributed by atoms with Gasteiger partial charge in [0.15, 0.2) is 0 Å². The number of benzene rings is 2. The summed E-state index contributed by atoms with van der Waals surface area (Å²) in [5.41, 5.74) is 1.24. The molecule has 0 aliphatic heterocycles. The van der Waals surface area contributed by atoms with Gasteiger partial charge in [-0.05, 0) is 29.8 Å². The van der Waals surface area contributed by atoms with Crippen molar-refractivity contribution >= 4 is 15.9 Å². The van der Waals surface area contributed by atoms with Crippen LogP contribution in [0.5, 0.6) is 5.75 Å². The first kappa shape index (κ1) is 13.1. The first-order valence-electron chi connectivity index (χ1n) is 5.46. The van der Waals surface area contributed by atoms with Gasteiger partial charge in [-0.1, -0.05) is 34.1 Å². The highest BCUT2D eigenvalue weighted by Gasteiger charge is 2.04. The third kappa shape index (κ3) is 3.09. The summed E-state index contributed by atoms with van der Waals surface area (Å²) in [6.45, 7) is 0.0939. The van der Waals surface area contributed by atoms with E-state index in [0.29, 0.717) is 11.3 Å². The van der Waals surface area contributed by atoms with Gasteiger partial charge in [0.1, 0.15) is 18.2 Å². The number of ether oxygens (including phenoxy) is 1. The zero-order valence-electron chi connectivity index (χ0n) is 9.57. The maximum absolute atomic E-state index is 13.4. The molecule has 94 valence electrons. The molecule has 0 saturated heterocycles. The van der Waals surface area contributed by atoms with E-state index in [9.17, 15) is 4.39 Å². The zero-order chi connectivity index (χ0) is 13.0. The molecule has 0 aliphatic carbocycles. The lowest BCUT2D eigenvalue weighted by Gasteiger charge is -2.09. The molecule has 0 aromatic heterocycles. The highest BCUT2D eigenvalue weighted by atomic mass is 79.9. The molecule has 4 heteroatoms. The molecule has 0 fully saturated rings. The zero-order valence-corrected chi connectivity index (χ0v) is 11.2. The normalized spacial score (nSPS) is 10.4. The summed E-state index contributed by atoms with van der Waals surface area (Å²) in [5, 5.41) is 9.13. The Hall–Kier alpha value is -1.39. The largest absolute Gasteiger partial charge is 0.489 e. The van der Waals surface area contributed by atoms with E-state index in [-0.39, 0.29) is 19.0 Å². The molecule has 0 radical (unpaired) electrons. The maximum Gasteiger partial charge on any atom is 0.129 e. The van der Waals surface area contributed by atoms with Crippen LogP contribution in [0.2, 0.25) is 0 Å². The van der Waals surface area contributed by atoms with Crippen LogP contribution in [-0.2, 0) is 13.2 Å².